The number of unbranched alkanes of at least 4 members (excludes halogenated alkanes) is 1. The summed E-state index contributed by atoms with van der Waals surface area (Å²) < 4.78 is 1.25. The highest BCUT2D eigenvalue weighted by Gasteiger charge is 2.04. The number of nitrogens with one attached hydrogen (secondary N) is 1. The quantitative estimate of drug-likeness (QED) is 0.835. The van der Waals surface area contributed by atoms with E-state index in [0.29, 0.717) is 0 Å². The zero-order chi connectivity index (χ0) is 12.3. The molecule has 1 heterocycles. The van der Waals surface area contributed by atoms with Crippen LogP contribution < -0.4 is 5.32 Å². The molecule has 2 nitrogen and oxygen atoms in total. The Morgan fingerprint density at radius 3 is 3.00 bits per heavy atom. The van der Waals surface area contributed by atoms with Crippen LogP contribution in [0.5, 0.6) is 0 Å². The van der Waals surface area contributed by atoms with E-state index < -0.39 is 0 Å². The number of hydrogen-bond donors (Lipinski definition) is 1. The van der Waals surface area contributed by atoms with Gasteiger partial charge in [-0.05, 0) is 37.5 Å². The molecule has 3 heteroatoms. The molecule has 0 aliphatic heterocycles. The number of rotatable bonds is 5. The maximum Gasteiger partial charge on any atom is 0.188 e. The summed E-state index contributed by atoms with van der Waals surface area (Å²) in [5, 5.41) is 4.10. The van der Waals surface area contributed by atoms with E-state index >= 15 is 0 Å². The smallest absolute Gasteiger partial charge is 0.188 e. The summed E-state index contributed by atoms with van der Waals surface area (Å²) >= 11 is 1.69. The Kier molecular flexibility index (Phi) is 3.79. The Morgan fingerprint density at radius 2 is 2.29 bits per heavy atom. The van der Waals surface area contributed by atoms with Gasteiger partial charge in [0.2, 0.25) is 0 Å². The highest BCUT2D eigenvalue weighted by atomic mass is 32.1. The van der Waals surface area contributed by atoms with Gasteiger partial charge in [0, 0.05) is 5.70 Å². The van der Waals surface area contributed by atoms with Crippen LogP contribution in [0.1, 0.15) is 32.3 Å². The average Bonchev–Trinajstić information content (AvgIpc) is 2.66. The van der Waals surface area contributed by atoms with Crippen molar-refractivity contribution in [2.45, 2.75) is 33.1 Å². The lowest BCUT2D eigenvalue weighted by molar-refractivity contribution is 0.796. The molecule has 90 valence electrons. The lowest BCUT2D eigenvalue weighted by Gasteiger charge is -1.98. The van der Waals surface area contributed by atoms with Gasteiger partial charge in [0.1, 0.15) is 0 Å². The largest absolute Gasteiger partial charge is 0.336 e. The van der Waals surface area contributed by atoms with E-state index in [2.05, 4.69) is 42.0 Å². The van der Waals surface area contributed by atoms with E-state index in [-0.39, 0.29) is 0 Å². The second kappa shape index (κ2) is 5.32. The molecular weight excluding hydrogens is 228 g/mol. The average molecular weight is 246 g/mol. The normalized spacial score (nSPS) is 10.7. The second-order valence-corrected chi connectivity index (χ2v) is 5.36. The number of anilines is 1. The van der Waals surface area contributed by atoms with E-state index in [0.717, 1.165) is 22.8 Å². The van der Waals surface area contributed by atoms with Crippen molar-refractivity contribution in [3.8, 4) is 0 Å². The van der Waals surface area contributed by atoms with Crippen LogP contribution >= 0.6 is 11.3 Å². The number of aryl methyl sites for hydroxylation is 1. The fraction of sp³-hybridized carbons (Fsp3) is 0.357. The van der Waals surface area contributed by atoms with Gasteiger partial charge in [-0.1, -0.05) is 37.3 Å². The zero-order valence-corrected chi connectivity index (χ0v) is 11.2. The summed E-state index contributed by atoms with van der Waals surface area (Å²) in [5.74, 6) is 0. The van der Waals surface area contributed by atoms with E-state index in [1.54, 1.807) is 11.3 Å². The lowest BCUT2D eigenvalue weighted by atomic mass is 10.1. The summed E-state index contributed by atoms with van der Waals surface area (Å²) in [6.07, 6.45) is 3.65. The van der Waals surface area contributed by atoms with Gasteiger partial charge in [0.05, 0.1) is 10.2 Å². The van der Waals surface area contributed by atoms with Crippen molar-refractivity contribution in [1.29, 1.82) is 0 Å². The van der Waals surface area contributed by atoms with Crippen molar-refractivity contribution in [2.75, 3.05) is 5.32 Å². The molecule has 0 spiro atoms. The minimum absolute atomic E-state index is 0.926. The highest BCUT2D eigenvalue weighted by Crippen LogP contribution is 2.27. The third kappa shape index (κ3) is 3.07. The second-order valence-electron chi connectivity index (χ2n) is 4.33. The number of hydrogen-bond acceptors (Lipinski definition) is 3. The third-order valence-corrected chi connectivity index (χ3v) is 3.53. The molecule has 2 rings (SSSR count). The topological polar surface area (TPSA) is 24.9 Å². The van der Waals surface area contributed by atoms with Crippen LogP contribution in [0.3, 0.4) is 0 Å². The number of thiazole rings is 1. The number of nitrogens with zero attached hydrogens (tertiary/aromatic N) is 1. The third-order valence-electron chi connectivity index (χ3n) is 2.59. The van der Waals surface area contributed by atoms with Crippen LogP contribution in [0.2, 0.25) is 0 Å². The molecule has 1 N–H and O–H groups in total. The summed E-state index contributed by atoms with van der Waals surface area (Å²) in [6, 6.07) is 6.55. The lowest BCUT2D eigenvalue weighted by Crippen LogP contribution is -1.91. The molecule has 1 aromatic heterocycles. The Balaban J connectivity index is 2.24. The molecule has 0 fully saturated rings. The van der Waals surface area contributed by atoms with Crippen molar-refractivity contribution in [1.82, 2.24) is 4.98 Å². The van der Waals surface area contributed by atoms with Crippen molar-refractivity contribution < 1.29 is 0 Å². The maximum absolute atomic E-state index is 4.52. The van der Waals surface area contributed by atoms with Crippen molar-refractivity contribution >= 4 is 26.7 Å². The fourth-order valence-electron chi connectivity index (χ4n) is 1.74. The molecule has 0 aliphatic carbocycles. The molecule has 17 heavy (non-hydrogen) atoms. The summed E-state index contributed by atoms with van der Waals surface area (Å²) in [5.41, 5.74) is 3.40. The first-order valence-electron chi connectivity index (χ1n) is 6.01. The Hall–Kier alpha value is -1.35. The molecule has 0 saturated carbocycles. The van der Waals surface area contributed by atoms with E-state index in [4.69, 9.17) is 0 Å². The van der Waals surface area contributed by atoms with Crippen LogP contribution in [0.25, 0.3) is 10.2 Å². The van der Waals surface area contributed by atoms with Gasteiger partial charge in [-0.25, -0.2) is 4.98 Å². The molecule has 0 atom stereocenters. The predicted molar refractivity (Wildman–Crippen MR) is 76.7 cm³/mol. The summed E-state index contributed by atoms with van der Waals surface area (Å²) in [4.78, 5) is 4.52. The number of fused-ring (bicyclic) bond motifs is 1. The van der Waals surface area contributed by atoms with Gasteiger partial charge >= 0.3 is 0 Å². The number of allylic oxidation sites excluding steroid dienone is 1. The SMILES string of the molecule is C=C(C)Nc1nc2ccc(CCCC)cc2s1. The van der Waals surface area contributed by atoms with Crippen molar-refractivity contribution in [3.63, 3.8) is 0 Å². The Morgan fingerprint density at radius 1 is 1.47 bits per heavy atom. The van der Waals surface area contributed by atoms with Gasteiger partial charge in [0.25, 0.3) is 0 Å². The first-order chi connectivity index (χ1) is 8.19. The van der Waals surface area contributed by atoms with Gasteiger partial charge in [0.15, 0.2) is 5.13 Å². The maximum atomic E-state index is 4.52. The summed E-state index contributed by atoms with van der Waals surface area (Å²) in [7, 11) is 0. The fourth-order valence-corrected chi connectivity index (χ4v) is 2.75. The first-order valence-corrected chi connectivity index (χ1v) is 6.82. The molecule has 0 radical (unpaired) electrons. The van der Waals surface area contributed by atoms with Crippen molar-refractivity contribution in [3.05, 3.63) is 36.0 Å². The number of aromatic nitrogens is 1. The van der Waals surface area contributed by atoms with Crippen LogP contribution in [0, 0.1) is 0 Å². The van der Waals surface area contributed by atoms with Crippen LogP contribution in [-0.4, -0.2) is 4.98 Å². The molecule has 0 unspecified atom stereocenters. The van der Waals surface area contributed by atoms with Crippen LogP contribution in [-0.2, 0) is 6.42 Å². The molecular formula is C14H18N2S. The Bertz CT molecular complexity index is 528. The molecule has 0 aliphatic rings. The van der Waals surface area contributed by atoms with E-state index in [1.807, 2.05) is 6.92 Å². The van der Waals surface area contributed by atoms with Gasteiger partial charge in [-0.3, -0.25) is 0 Å². The van der Waals surface area contributed by atoms with Gasteiger partial charge in [-0.2, -0.15) is 0 Å². The highest BCUT2D eigenvalue weighted by molar-refractivity contribution is 7.22. The van der Waals surface area contributed by atoms with Gasteiger partial charge in [-0.15, -0.1) is 0 Å². The summed E-state index contributed by atoms with van der Waals surface area (Å²) in [6.45, 7) is 8.00. The monoisotopic (exact) mass is 246 g/mol. The van der Waals surface area contributed by atoms with Crippen LogP contribution in [0.4, 0.5) is 5.13 Å². The van der Waals surface area contributed by atoms with E-state index in [1.165, 1.54) is 23.1 Å². The predicted octanol–water partition coefficient (Wildman–Crippen LogP) is 4.58. The van der Waals surface area contributed by atoms with E-state index in [9.17, 15) is 0 Å². The van der Waals surface area contributed by atoms with Gasteiger partial charge < -0.3 is 5.32 Å². The van der Waals surface area contributed by atoms with Crippen molar-refractivity contribution in [2.24, 2.45) is 0 Å². The Labute approximate surface area is 106 Å². The minimum atomic E-state index is 0.926. The zero-order valence-electron chi connectivity index (χ0n) is 10.4. The standard InChI is InChI=1S/C14H18N2S/c1-4-5-6-11-7-8-12-13(9-11)17-14(16-12)15-10(2)3/h7-9H,2,4-6H2,1,3H3,(H,15,16). The minimum Gasteiger partial charge on any atom is -0.336 e. The molecule has 1 aromatic carbocycles. The molecule has 0 saturated heterocycles. The number of benzene rings is 1. The molecule has 0 amide bonds. The molecule has 0 bridgehead atoms. The van der Waals surface area contributed by atoms with Crippen LogP contribution in [0.15, 0.2) is 30.5 Å². The molecule has 2 aromatic rings. The first kappa shape index (κ1) is 12.1.